The van der Waals surface area contributed by atoms with Gasteiger partial charge in [-0.3, -0.25) is 14.9 Å². The zero-order valence-corrected chi connectivity index (χ0v) is 9.54. The molecule has 0 spiro atoms. The molecule has 1 N–H and O–H groups in total. The Morgan fingerprint density at radius 3 is 2.88 bits per heavy atom. The van der Waals surface area contributed by atoms with Gasteiger partial charge in [0, 0.05) is 0 Å². The van der Waals surface area contributed by atoms with Crippen LogP contribution in [0.5, 0.6) is 5.75 Å². The first-order valence-electron chi connectivity index (χ1n) is 4.83. The zero-order chi connectivity index (χ0) is 11.5. The fraction of sp³-hybridized carbons (Fsp3) is 0.273. The summed E-state index contributed by atoms with van der Waals surface area (Å²) in [5, 5.41) is 1.68. The third kappa shape index (κ3) is 2.36. The first kappa shape index (κ1) is 11.0. The number of hydrogen-bond donors (Lipinski definition) is 1. The number of benzene rings is 1. The van der Waals surface area contributed by atoms with Crippen LogP contribution in [0.15, 0.2) is 24.3 Å². The maximum atomic E-state index is 11.4. The van der Waals surface area contributed by atoms with Crippen molar-refractivity contribution in [3.63, 3.8) is 0 Å². The molecule has 1 unspecified atom stereocenters. The van der Waals surface area contributed by atoms with E-state index < -0.39 is 0 Å². The molecular weight excluding hydrogens is 226 g/mol. The summed E-state index contributed by atoms with van der Waals surface area (Å²) in [7, 11) is 1.60. The van der Waals surface area contributed by atoms with E-state index in [2.05, 4.69) is 5.32 Å². The van der Waals surface area contributed by atoms with Gasteiger partial charge in [0.2, 0.25) is 5.91 Å². The van der Waals surface area contributed by atoms with Crippen molar-refractivity contribution in [2.24, 2.45) is 0 Å². The molecule has 1 fully saturated rings. The average molecular weight is 237 g/mol. The van der Waals surface area contributed by atoms with Gasteiger partial charge >= 0.3 is 0 Å². The molecule has 16 heavy (non-hydrogen) atoms. The van der Waals surface area contributed by atoms with E-state index in [0.29, 0.717) is 6.42 Å². The molecule has 1 saturated heterocycles. The van der Waals surface area contributed by atoms with Crippen LogP contribution < -0.4 is 10.1 Å². The van der Waals surface area contributed by atoms with E-state index in [-0.39, 0.29) is 16.4 Å². The Kier molecular flexibility index (Phi) is 3.14. The van der Waals surface area contributed by atoms with E-state index in [1.165, 1.54) is 0 Å². The minimum Gasteiger partial charge on any atom is -0.497 e. The predicted octanol–water partition coefficient (Wildman–Crippen LogP) is 1.59. The second-order valence-corrected chi connectivity index (χ2v) is 4.61. The fourth-order valence-electron chi connectivity index (χ4n) is 1.54. The normalized spacial score (nSPS) is 19.7. The number of carbonyl (C=O) groups is 2. The molecule has 1 atom stereocenters. The largest absolute Gasteiger partial charge is 0.497 e. The highest BCUT2D eigenvalue weighted by molar-refractivity contribution is 8.15. The number of thioether (sulfide) groups is 1. The van der Waals surface area contributed by atoms with Crippen molar-refractivity contribution in [2.75, 3.05) is 7.11 Å². The highest BCUT2D eigenvalue weighted by atomic mass is 32.2. The molecule has 0 bridgehead atoms. The Hall–Kier alpha value is -1.49. The number of hydrogen-bond acceptors (Lipinski definition) is 4. The van der Waals surface area contributed by atoms with Crippen LogP contribution >= 0.6 is 11.8 Å². The van der Waals surface area contributed by atoms with E-state index in [0.717, 1.165) is 23.1 Å². The molecule has 4 nitrogen and oxygen atoms in total. The standard InChI is InChI=1S/C11H11NO3S/c1-15-8-4-2-3-7(5-8)6-9-10(13)12-11(14)16-9/h2-5,9H,6H2,1H3,(H,12,13,14). The first-order valence-corrected chi connectivity index (χ1v) is 5.71. The predicted molar refractivity (Wildman–Crippen MR) is 61.6 cm³/mol. The second-order valence-electron chi connectivity index (χ2n) is 3.44. The van der Waals surface area contributed by atoms with Gasteiger partial charge in [0.1, 0.15) is 5.75 Å². The van der Waals surface area contributed by atoms with Gasteiger partial charge in [-0.25, -0.2) is 0 Å². The number of methoxy groups -OCH3 is 1. The minimum atomic E-state index is -0.320. The van der Waals surface area contributed by atoms with E-state index in [4.69, 9.17) is 4.74 Å². The van der Waals surface area contributed by atoms with Crippen LogP contribution in [0.3, 0.4) is 0 Å². The number of amides is 2. The molecular formula is C11H11NO3S. The summed E-state index contributed by atoms with van der Waals surface area (Å²) in [5.74, 6) is 0.546. The van der Waals surface area contributed by atoms with Crippen molar-refractivity contribution >= 4 is 22.9 Å². The molecule has 84 valence electrons. The maximum Gasteiger partial charge on any atom is 0.286 e. The Labute approximate surface area is 97.4 Å². The fourth-order valence-corrected chi connectivity index (χ4v) is 2.40. The van der Waals surface area contributed by atoms with Crippen LogP contribution in [-0.2, 0) is 11.2 Å². The lowest BCUT2D eigenvalue weighted by Crippen LogP contribution is -2.25. The monoisotopic (exact) mass is 237 g/mol. The van der Waals surface area contributed by atoms with Gasteiger partial charge in [-0.15, -0.1) is 0 Å². The molecule has 1 aliphatic rings. The van der Waals surface area contributed by atoms with Crippen LogP contribution in [0.2, 0.25) is 0 Å². The molecule has 1 heterocycles. The van der Waals surface area contributed by atoms with Crippen LogP contribution in [0, 0.1) is 0 Å². The number of imide groups is 1. The SMILES string of the molecule is COc1cccc(CC2SC(=O)NC2=O)c1. The summed E-state index contributed by atoms with van der Waals surface area (Å²) < 4.78 is 5.09. The molecule has 1 aromatic rings. The lowest BCUT2D eigenvalue weighted by atomic mass is 10.1. The number of rotatable bonds is 3. The highest BCUT2D eigenvalue weighted by Gasteiger charge is 2.31. The molecule has 2 amide bonds. The van der Waals surface area contributed by atoms with Gasteiger partial charge in [-0.1, -0.05) is 23.9 Å². The van der Waals surface area contributed by atoms with Crippen molar-refractivity contribution in [1.29, 1.82) is 0 Å². The molecule has 0 aliphatic carbocycles. The quantitative estimate of drug-likeness (QED) is 0.867. The van der Waals surface area contributed by atoms with Gasteiger partial charge in [-0.05, 0) is 24.1 Å². The molecule has 2 rings (SSSR count). The minimum absolute atomic E-state index is 0.210. The smallest absolute Gasteiger partial charge is 0.286 e. The summed E-state index contributed by atoms with van der Waals surface area (Å²) in [4.78, 5) is 22.3. The molecule has 0 saturated carbocycles. The van der Waals surface area contributed by atoms with Gasteiger partial charge < -0.3 is 4.74 Å². The van der Waals surface area contributed by atoms with E-state index >= 15 is 0 Å². The molecule has 0 aromatic heterocycles. The van der Waals surface area contributed by atoms with Gasteiger partial charge in [-0.2, -0.15) is 0 Å². The van der Waals surface area contributed by atoms with Gasteiger partial charge in [0.05, 0.1) is 12.4 Å². The summed E-state index contributed by atoms with van der Waals surface area (Å²) in [5.41, 5.74) is 0.988. The Bertz CT molecular complexity index is 433. The number of ether oxygens (including phenoxy) is 1. The van der Waals surface area contributed by atoms with Gasteiger partial charge in [0.15, 0.2) is 0 Å². The van der Waals surface area contributed by atoms with Gasteiger partial charge in [0.25, 0.3) is 5.24 Å². The summed E-state index contributed by atoms with van der Waals surface area (Å²) in [6.45, 7) is 0. The number of nitrogens with one attached hydrogen (secondary N) is 1. The van der Waals surface area contributed by atoms with E-state index in [9.17, 15) is 9.59 Å². The topological polar surface area (TPSA) is 55.4 Å². The number of carbonyl (C=O) groups excluding carboxylic acids is 2. The molecule has 0 radical (unpaired) electrons. The van der Waals surface area contributed by atoms with Crippen molar-refractivity contribution < 1.29 is 14.3 Å². The van der Waals surface area contributed by atoms with E-state index in [1.54, 1.807) is 7.11 Å². The Morgan fingerprint density at radius 2 is 2.25 bits per heavy atom. The zero-order valence-electron chi connectivity index (χ0n) is 8.73. The molecule has 5 heteroatoms. The van der Waals surface area contributed by atoms with Crippen LogP contribution in [0.25, 0.3) is 0 Å². The highest BCUT2D eigenvalue weighted by Crippen LogP contribution is 2.24. The molecule has 1 aliphatic heterocycles. The summed E-state index contributed by atoms with van der Waals surface area (Å²) >= 11 is 1.04. The second kappa shape index (κ2) is 4.57. The van der Waals surface area contributed by atoms with Crippen LogP contribution in [0.1, 0.15) is 5.56 Å². The Balaban J connectivity index is 2.09. The average Bonchev–Trinajstić information content (AvgIpc) is 2.58. The third-order valence-electron chi connectivity index (χ3n) is 2.32. The maximum absolute atomic E-state index is 11.4. The van der Waals surface area contributed by atoms with Crippen molar-refractivity contribution in [1.82, 2.24) is 5.32 Å². The van der Waals surface area contributed by atoms with Crippen LogP contribution in [0.4, 0.5) is 4.79 Å². The van der Waals surface area contributed by atoms with Crippen molar-refractivity contribution in [3.8, 4) is 5.75 Å². The van der Waals surface area contributed by atoms with Crippen molar-refractivity contribution in [3.05, 3.63) is 29.8 Å². The third-order valence-corrected chi connectivity index (χ3v) is 3.30. The lowest BCUT2D eigenvalue weighted by molar-refractivity contribution is -0.118. The van der Waals surface area contributed by atoms with Crippen molar-refractivity contribution in [2.45, 2.75) is 11.7 Å². The Morgan fingerprint density at radius 1 is 1.44 bits per heavy atom. The first-order chi connectivity index (χ1) is 7.69. The van der Waals surface area contributed by atoms with Crippen LogP contribution in [-0.4, -0.2) is 23.5 Å². The molecule has 1 aromatic carbocycles. The lowest BCUT2D eigenvalue weighted by Gasteiger charge is -2.06. The summed E-state index contributed by atoms with van der Waals surface area (Å²) in [6.07, 6.45) is 0.541. The summed E-state index contributed by atoms with van der Waals surface area (Å²) in [6, 6.07) is 7.50. The van der Waals surface area contributed by atoms with E-state index in [1.807, 2.05) is 24.3 Å².